The minimum atomic E-state index is -0.580. The zero-order valence-electron chi connectivity index (χ0n) is 23.5. The molecule has 6 rings (SSSR count). The average Bonchev–Trinajstić information content (AvgIpc) is 3.14. The molecule has 0 aromatic carbocycles. The smallest absolute Gasteiger partial charge is 0.310 e. The molecule has 0 aliphatic heterocycles. The summed E-state index contributed by atoms with van der Waals surface area (Å²) in [6.07, 6.45) is 11.5. The number of rotatable bonds is 1. The average molecular weight is 495 g/mol. The van der Waals surface area contributed by atoms with Gasteiger partial charge in [0.1, 0.15) is 0 Å². The van der Waals surface area contributed by atoms with Crippen LogP contribution in [0.2, 0.25) is 0 Å². The van der Waals surface area contributed by atoms with E-state index < -0.39 is 11.4 Å². The predicted octanol–water partition coefficient (Wildman–Crippen LogP) is 7.16. The Bertz CT molecular complexity index is 1160. The van der Waals surface area contributed by atoms with Crippen LogP contribution in [0, 0.1) is 44.8 Å². The highest BCUT2D eigenvalue weighted by atomic mass is 16.5. The zero-order valence-corrected chi connectivity index (χ0v) is 23.5. The summed E-state index contributed by atoms with van der Waals surface area (Å²) in [6.45, 7) is 17.0. The van der Waals surface area contributed by atoms with Gasteiger partial charge in [-0.05, 0) is 97.2 Å². The highest BCUT2D eigenvalue weighted by molar-refractivity contribution is 5.76. The Balaban J connectivity index is 1.47. The Morgan fingerprint density at radius 2 is 1.72 bits per heavy atom. The second-order valence-electron chi connectivity index (χ2n) is 15.4. The molecule has 3 fully saturated rings. The fraction of sp³-hybridized carbons (Fsp3) is 0.806. The summed E-state index contributed by atoms with van der Waals surface area (Å²) in [5, 5.41) is 15.0. The number of hydrogen-bond acceptors (Lipinski definition) is 4. The number of aliphatic carboxylic acids is 1. The third kappa shape index (κ3) is 2.73. The van der Waals surface area contributed by atoms with Gasteiger partial charge in [0.25, 0.3) is 0 Å². The number of allylic oxidation sites excluding steroid dienone is 2. The van der Waals surface area contributed by atoms with Crippen LogP contribution in [-0.2, 0) is 16.6 Å². The largest absolute Gasteiger partial charge is 0.481 e. The van der Waals surface area contributed by atoms with Crippen molar-refractivity contribution in [1.29, 1.82) is 0 Å². The summed E-state index contributed by atoms with van der Waals surface area (Å²) < 4.78 is 5.54. The van der Waals surface area contributed by atoms with Crippen LogP contribution < -0.4 is 5.73 Å². The van der Waals surface area contributed by atoms with Crippen LogP contribution in [0.5, 0.6) is 0 Å². The number of fused-ring (bicyclic) bond motifs is 8. The van der Waals surface area contributed by atoms with Crippen molar-refractivity contribution in [2.24, 2.45) is 44.8 Å². The van der Waals surface area contributed by atoms with E-state index in [1.54, 1.807) is 0 Å². The summed E-state index contributed by atoms with van der Waals surface area (Å²) in [5.74, 6) is 1.14. The number of aromatic nitrogens is 1. The van der Waals surface area contributed by atoms with E-state index in [-0.39, 0.29) is 33.0 Å². The molecule has 5 aliphatic rings. The topological polar surface area (TPSA) is 89.3 Å². The van der Waals surface area contributed by atoms with E-state index in [0.717, 1.165) is 56.2 Å². The molecule has 7 atom stereocenters. The molecule has 0 amide bonds. The first-order valence-corrected chi connectivity index (χ1v) is 14.3. The highest BCUT2D eigenvalue weighted by Gasteiger charge is 2.69. The maximum atomic E-state index is 12.8. The molecule has 36 heavy (non-hydrogen) atoms. The van der Waals surface area contributed by atoms with E-state index in [1.165, 1.54) is 18.4 Å². The third-order valence-corrected chi connectivity index (χ3v) is 13.2. The molecule has 1 heterocycles. The number of carbonyl (C=O) groups is 1. The maximum absolute atomic E-state index is 12.8. The van der Waals surface area contributed by atoms with Crippen LogP contribution in [0.15, 0.2) is 16.2 Å². The van der Waals surface area contributed by atoms with E-state index >= 15 is 0 Å². The first-order valence-electron chi connectivity index (χ1n) is 14.3. The summed E-state index contributed by atoms with van der Waals surface area (Å²) in [5.41, 5.74) is 9.83. The second-order valence-corrected chi connectivity index (χ2v) is 15.4. The van der Waals surface area contributed by atoms with Crippen molar-refractivity contribution in [2.75, 3.05) is 5.73 Å². The zero-order chi connectivity index (χ0) is 26.1. The van der Waals surface area contributed by atoms with E-state index in [0.29, 0.717) is 17.7 Å². The van der Waals surface area contributed by atoms with Gasteiger partial charge in [0.15, 0.2) is 0 Å². The van der Waals surface area contributed by atoms with Crippen LogP contribution >= 0.6 is 0 Å². The van der Waals surface area contributed by atoms with Gasteiger partial charge < -0.3 is 15.4 Å². The predicted molar refractivity (Wildman–Crippen MR) is 141 cm³/mol. The molecule has 0 saturated heterocycles. The molecular weight excluding hydrogens is 448 g/mol. The standard InChI is InChI=1S/C31H46N2O3/c1-26(2)12-14-31(25(34)35)15-13-29(6)19(20(31)17-26)8-9-22-28(5)16-18-23(33-36-24(18)32)27(3,4)21(28)10-11-30(22,29)7/h8,20-22H,9-17,32H2,1-7H3,(H,34,35)/t20-,21-,22+,28-,29+,30+,31-/m0/s1. The third-order valence-electron chi connectivity index (χ3n) is 13.2. The Kier molecular flexibility index (Phi) is 4.77. The van der Waals surface area contributed by atoms with Gasteiger partial charge in [-0.2, -0.15) is 0 Å². The normalized spacial score (nSPS) is 46.3. The van der Waals surface area contributed by atoms with Gasteiger partial charge in [-0.15, -0.1) is 0 Å². The van der Waals surface area contributed by atoms with Gasteiger partial charge in [-0.3, -0.25) is 4.79 Å². The Morgan fingerprint density at radius 3 is 2.42 bits per heavy atom. The molecule has 5 heteroatoms. The van der Waals surface area contributed by atoms with Crippen molar-refractivity contribution in [3.63, 3.8) is 0 Å². The quantitative estimate of drug-likeness (QED) is 0.404. The number of nitrogen functional groups attached to an aromatic ring is 1. The Hall–Kier alpha value is -1.78. The molecular formula is C31H46N2O3. The van der Waals surface area contributed by atoms with E-state index in [4.69, 9.17) is 10.3 Å². The second kappa shape index (κ2) is 6.99. The number of hydrogen-bond donors (Lipinski definition) is 2. The molecule has 5 aliphatic carbocycles. The van der Waals surface area contributed by atoms with E-state index in [1.807, 2.05) is 0 Å². The van der Waals surface area contributed by atoms with Crippen molar-refractivity contribution >= 4 is 11.9 Å². The monoisotopic (exact) mass is 494 g/mol. The number of anilines is 1. The molecule has 5 nitrogen and oxygen atoms in total. The van der Waals surface area contributed by atoms with Crippen LogP contribution in [0.1, 0.15) is 111 Å². The Morgan fingerprint density at radius 1 is 1.03 bits per heavy atom. The number of nitrogens with zero attached hydrogens (tertiary/aromatic N) is 1. The minimum absolute atomic E-state index is 0.0333. The number of nitrogens with two attached hydrogens (primary N) is 1. The fourth-order valence-corrected chi connectivity index (χ4v) is 11.0. The summed E-state index contributed by atoms with van der Waals surface area (Å²) >= 11 is 0. The number of carboxylic acids is 1. The molecule has 0 radical (unpaired) electrons. The summed E-state index contributed by atoms with van der Waals surface area (Å²) in [6, 6.07) is 0. The minimum Gasteiger partial charge on any atom is -0.481 e. The first-order chi connectivity index (χ1) is 16.6. The van der Waals surface area contributed by atoms with Crippen LogP contribution in [0.4, 0.5) is 5.88 Å². The summed E-state index contributed by atoms with van der Waals surface area (Å²) in [7, 11) is 0. The Labute approximate surface area is 216 Å². The van der Waals surface area contributed by atoms with Gasteiger partial charge in [-0.25, -0.2) is 0 Å². The maximum Gasteiger partial charge on any atom is 0.310 e. The van der Waals surface area contributed by atoms with Crippen molar-refractivity contribution in [3.8, 4) is 0 Å². The summed E-state index contributed by atoms with van der Waals surface area (Å²) in [4.78, 5) is 12.8. The lowest BCUT2D eigenvalue weighted by atomic mass is 9.33. The fourth-order valence-electron chi connectivity index (χ4n) is 11.0. The highest BCUT2D eigenvalue weighted by Crippen LogP contribution is 2.75. The SMILES string of the molecule is CC1(C)CC[C@]2(C(=O)O)CC[C@]3(C)C(=CC[C@@H]4[C@@]5(C)Cc6c(noc6N)C(C)(C)[C@@H]5CC[C@]43C)[C@@H]2C1. The van der Waals surface area contributed by atoms with Gasteiger partial charge >= 0.3 is 5.97 Å². The molecule has 0 spiro atoms. The van der Waals surface area contributed by atoms with Crippen LogP contribution in [0.3, 0.4) is 0 Å². The van der Waals surface area contributed by atoms with Gasteiger partial charge in [-0.1, -0.05) is 65.3 Å². The lowest BCUT2D eigenvalue weighted by molar-refractivity contribution is -0.177. The van der Waals surface area contributed by atoms with Crippen molar-refractivity contribution in [3.05, 3.63) is 22.9 Å². The van der Waals surface area contributed by atoms with Crippen molar-refractivity contribution in [1.82, 2.24) is 5.16 Å². The van der Waals surface area contributed by atoms with Crippen LogP contribution in [-0.4, -0.2) is 16.2 Å². The molecule has 3 saturated carbocycles. The van der Waals surface area contributed by atoms with Gasteiger partial charge in [0, 0.05) is 11.0 Å². The molecule has 1 aromatic heterocycles. The van der Waals surface area contributed by atoms with Crippen molar-refractivity contribution in [2.45, 2.75) is 112 Å². The van der Waals surface area contributed by atoms with Gasteiger partial charge in [0.05, 0.1) is 11.1 Å². The van der Waals surface area contributed by atoms with Crippen LogP contribution in [0.25, 0.3) is 0 Å². The molecule has 0 bridgehead atoms. The molecule has 198 valence electrons. The molecule has 1 aromatic rings. The first kappa shape index (κ1) is 24.6. The van der Waals surface area contributed by atoms with E-state index in [2.05, 4.69) is 59.7 Å². The lowest BCUT2D eigenvalue weighted by Gasteiger charge is -2.70. The van der Waals surface area contributed by atoms with Gasteiger partial charge in [0.2, 0.25) is 5.88 Å². The lowest BCUT2D eigenvalue weighted by Crippen LogP contribution is -2.64. The molecule has 0 unspecified atom stereocenters. The van der Waals surface area contributed by atoms with Crippen molar-refractivity contribution < 1.29 is 14.4 Å². The molecule has 3 N–H and O–H groups in total. The number of carboxylic acid groups (broad SMARTS) is 1. The van der Waals surface area contributed by atoms with E-state index in [9.17, 15) is 9.90 Å².